The van der Waals surface area contributed by atoms with Crippen LogP contribution in [0.1, 0.15) is 18.4 Å². The number of methoxy groups -OCH3 is 1. The number of hydrogen-bond acceptors (Lipinski definition) is 6. The molecular formula is C21H21F2N3O5S. The summed E-state index contributed by atoms with van der Waals surface area (Å²) in [5.74, 6) is -0.932. The van der Waals surface area contributed by atoms with Crippen LogP contribution in [-0.4, -0.2) is 45.4 Å². The van der Waals surface area contributed by atoms with Gasteiger partial charge in [0.25, 0.3) is 0 Å². The topological polar surface area (TPSA) is 109 Å². The standard InChI is InChI=1S/C21H21F2N3O5S/c1-30-17-7-6-16(12-18(17)31-21(22)23)25-20(27)14-8-10-26(11-9-14)32(28,29)19-5-3-2-4-15(19)13-24/h2-7,12,14,21H,8-11H2,1H3,(H,25,27). The number of sulfonamides is 1. The van der Waals surface area contributed by atoms with E-state index in [-0.39, 0.29) is 59.5 Å². The molecule has 0 radical (unpaired) electrons. The number of hydrogen-bond donors (Lipinski definition) is 1. The minimum absolute atomic E-state index is 0.0600. The number of carbonyl (C=O) groups excluding carboxylic acids is 1. The number of nitrogens with zero attached hydrogens (tertiary/aromatic N) is 2. The fourth-order valence-electron chi connectivity index (χ4n) is 3.47. The Kier molecular flexibility index (Phi) is 7.27. The van der Waals surface area contributed by atoms with Gasteiger partial charge in [-0.25, -0.2) is 8.42 Å². The lowest BCUT2D eigenvalue weighted by Crippen LogP contribution is -2.41. The summed E-state index contributed by atoms with van der Waals surface area (Å²) in [6, 6.07) is 12.0. The Labute approximate surface area is 184 Å². The van der Waals surface area contributed by atoms with Gasteiger partial charge in [0.2, 0.25) is 15.9 Å². The molecule has 1 N–H and O–H groups in total. The third kappa shape index (κ3) is 5.15. The Morgan fingerprint density at radius 1 is 1.19 bits per heavy atom. The summed E-state index contributed by atoms with van der Waals surface area (Å²) < 4.78 is 61.6. The maximum Gasteiger partial charge on any atom is 0.387 e. The molecular weight excluding hydrogens is 444 g/mol. The Morgan fingerprint density at radius 3 is 2.50 bits per heavy atom. The van der Waals surface area contributed by atoms with Crippen molar-refractivity contribution in [2.75, 3.05) is 25.5 Å². The number of benzene rings is 2. The first-order valence-corrected chi connectivity index (χ1v) is 11.1. The van der Waals surface area contributed by atoms with Gasteiger partial charge in [0.15, 0.2) is 11.5 Å². The van der Waals surface area contributed by atoms with Crippen LogP contribution in [0.15, 0.2) is 47.4 Å². The summed E-state index contributed by atoms with van der Waals surface area (Å²) >= 11 is 0. The highest BCUT2D eigenvalue weighted by Crippen LogP contribution is 2.32. The van der Waals surface area contributed by atoms with Gasteiger partial charge in [-0.1, -0.05) is 12.1 Å². The molecule has 0 bridgehead atoms. The molecule has 8 nitrogen and oxygen atoms in total. The molecule has 1 amide bonds. The average molecular weight is 465 g/mol. The highest BCUT2D eigenvalue weighted by atomic mass is 32.2. The largest absolute Gasteiger partial charge is 0.493 e. The fraction of sp³-hybridized carbons (Fsp3) is 0.333. The molecule has 0 saturated carbocycles. The van der Waals surface area contributed by atoms with Crippen LogP contribution < -0.4 is 14.8 Å². The summed E-state index contributed by atoms with van der Waals surface area (Å²) in [6.07, 6.45) is 0.548. The van der Waals surface area contributed by atoms with Gasteiger partial charge in [0.1, 0.15) is 6.07 Å². The van der Waals surface area contributed by atoms with E-state index in [4.69, 9.17) is 4.74 Å². The minimum Gasteiger partial charge on any atom is -0.493 e. The number of alkyl halides is 2. The van der Waals surface area contributed by atoms with Crippen molar-refractivity contribution in [2.45, 2.75) is 24.3 Å². The van der Waals surface area contributed by atoms with Crippen molar-refractivity contribution in [2.24, 2.45) is 5.92 Å². The second kappa shape index (κ2) is 9.93. The summed E-state index contributed by atoms with van der Waals surface area (Å²) in [6.45, 7) is -2.82. The van der Waals surface area contributed by atoms with Crippen LogP contribution in [0.4, 0.5) is 14.5 Å². The first kappa shape index (κ1) is 23.4. The Balaban J connectivity index is 1.65. The first-order chi connectivity index (χ1) is 15.3. The van der Waals surface area contributed by atoms with Crippen LogP contribution in [-0.2, 0) is 14.8 Å². The molecule has 32 heavy (non-hydrogen) atoms. The normalized spacial score (nSPS) is 15.2. The molecule has 2 aromatic carbocycles. The molecule has 1 fully saturated rings. The van der Waals surface area contributed by atoms with E-state index >= 15 is 0 Å². The number of carbonyl (C=O) groups is 1. The number of piperidine rings is 1. The molecule has 1 heterocycles. The summed E-state index contributed by atoms with van der Waals surface area (Å²) in [5, 5.41) is 11.8. The molecule has 1 aliphatic heterocycles. The van der Waals surface area contributed by atoms with Crippen molar-refractivity contribution in [3.8, 4) is 17.6 Å². The average Bonchev–Trinajstić information content (AvgIpc) is 2.79. The maximum absolute atomic E-state index is 12.9. The number of ether oxygens (including phenoxy) is 2. The third-order valence-corrected chi connectivity index (χ3v) is 7.05. The second-order valence-corrected chi connectivity index (χ2v) is 8.93. The van der Waals surface area contributed by atoms with Crippen LogP contribution in [0.25, 0.3) is 0 Å². The van der Waals surface area contributed by atoms with Gasteiger partial charge in [-0.05, 0) is 37.1 Å². The Bertz CT molecular complexity index is 1130. The zero-order valence-electron chi connectivity index (χ0n) is 17.1. The fourth-order valence-corrected chi connectivity index (χ4v) is 5.08. The number of nitriles is 1. The van der Waals surface area contributed by atoms with E-state index in [1.165, 1.54) is 41.7 Å². The number of anilines is 1. The molecule has 1 saturated heterocycles. The summed E-state index contributed by atoms with van der Waals surface area (Å²) in [5.41, 5.74) is 0.318. The molecule has 0 atom stereocenters. The van der Waals surface area contributed by atoms with E-state index in [0.29, 0.717) is 0 Å². The molecule has 0 aliphatic carbocycles. The Hall–Kier alpha value is -3.23. The van der Waals surface area contributed by atoms with Gasteiger partial charge >= 0.3 is 6.61 Å². The van der Waals surface area contributed by atoms with Crippen molar-refractivity contribution >= 4 is 21.6 Å². The van der Waals surface area contributed by atoms with E-state index in [1.807, 2.05) is 6.07 Å². The van der Waals surface area contributed by atoms with Crippen LogP contribution in [0.3, 0.4) is 0 Å². The van der Waals surface area contributed by atoms with Crippen LogP contribution in [0, 0.1) is 17.2 Å². The summed E-state index contributed by atoms with van der Waals surface area (Å²) in [4.78, 5) is 12.6. The predicted octanol–water partition coefficient (Wildman–Crippen LogP) is 3.21. The monoisotopic (exact) mass is 465 g/mol. The highest BCUT2D eigenvalue weighted by Gasteiger charge is 2.33. The van der Waals surface area contributed by atoms with Crippen molar-refractivity contribution in [3.05, 3.63) is 48.0 Å². The third-order valence-electron chi connectivity index (χ3n) is 5.10. The van der Waals surface area contributed by atoms with Gasteiger partial charge in [0.05, 0.1) is 17.6 Å². The molecule has 0 spiro atoms. The first-order valence-electron chi connectivity index (χ1n) is 9.69. The lowest BCUT2D eigenvalue weighted by atomic mass is 9.97. The van der Waals surface area contributed by atoms with Crippen molar-refractivity contribution in [1.29, 1.82) is 5.26 Å². The zero-order valence-corrected chi connectivity index (χ0v) is 17.9. The molecule has 0 unspecified atom stereocenters. The number of halogens is 2. The van der Waals surface area contributed by atoms with E-state index in [9.17, 15) is 27.3 Å². The molecule has 2 aromatic rings. The number of nitrogens with one attached hydrogen (secondary N) is 1. The van der Waals surface area contributed by atoms with Gasteiger partial charge in [-0.2, -0.15) is 18.3 Å². The molecule has 1 aliphatic rings. The quantitative estimate of drug-likeness (QED) is 0.673. The second-order valence-electron chi connectivity index (χ2n) is 7.02. The molecule has 0 aromatic heterocycles. The van der Waals surface area contributed by atoms with E-state index in [0.717, 1.165) is 0 Å². The van der Waals surface area contributed by atoms with Gasteiger partial charge < -0.3 is 14.8 Å². The maximum atomic E-state index is 12.9. The van der Waals surface area contributed by atoms with Gasteiger partial charge in [-0.3, -0.25) is 4.79 Å². The molecule has 3 rings (SSSR count). The van der Waals surface area contributed by atoms with Crippen molar-refractivity contribution in [1.82, 2.24) is 4.31 Å². The number of rotatable bonds is 7. The SMILES string of the molecule is COc1ccc(NC(=O)C2CCN(S(=O)(=O)c3ccccc3C#N)CC2)cc1OC(F)F. The number of amides is 1. The molecule has 11 heteroatoms. The smallest absolute Gasteiger partial charge is 0.387 e. The predicted molar refractivity (Wildman–Crippen MR) is 111 cm³/mol. The van der Waals surface area contributed by atoms with E-state index in [1.54, 1.807) is 12.1 Å². The lowest BCUT2D eigenvalue weighted by Gasteiger charge is -2.30. The zero-order chi connectivity index (χ0) is 23.3. The minimum atomic E-state index is -3.86. The Morgan fingerprint density at radius 2 is 1.88 bits per heavy atom. The lowest BCUT2D eigenvalue weighted by molar-refractivity contribution is -0.120. The van der Waals surface area contributed by atoms with Crippen LogP contribution in [0.2, 0.25) is 0 Å². The highest BCUT2D eigenvalue weighted by molar-refractivity contribution is 7.89. The van der Waals surface area contributed by atoms with E-state index < -0.39 is 22.6 Å². The molecule has 170 valence electrons. The summed E-state index contributed by atoms with van der Waals surface area (Å²) in [7, 11) is -2.55. The van der Waals surface area contributed by atoms with Crippen LogP contribution in [0.5, 0.6) is 11.5 Å². The van der Waals surface area contributed by atoms with Gasteiger partial charge in [-0.15, -0.1) is 0 Å². The van der Waals surface area contributed by atoms with Gasteiger partial charge in [0, 0.05) is 30.8 Å². The van der Waals surface area contributed by atoms with Crippen LogP contribution >= 0.6 is 0 Å². The van der Waals surface area contributed by atoms with Crippen molar-refractivity contribution < 1.29 is 31.5 Å². The van der Waals surface area contributed by atoms with Crippen molar-refractivity contribution in [3.63, 3.8) is 0 Å². The van der Waals surface area contributed by atoms with E-state index in [2.05, 4.69) is 10.1 Å².